The van der Waals surface area contributed by atoms with E-state index in [0.29, 0.717) is 44.4 Å². The molecule has 0 amide bonds. The van der Waals surface area contributed by atoms with Crippen LogP contribution in [0.15, 0.2) is 29.8 Å². The normalized spacial score (nSPS) is 12.7. The van der Waals surface area contributed by atoms with Gasteiger partial charge < -0.3 is 14.2 Å². The van der Waals surface area contributed by atoms with Gasteiger partial charge in [-0.25, -0.2) is 0 Å². The van der Waals surface area contributed by atoms with Gasteiger partial charge in [-0.1, -0.05) is 130 Å². The molecule has 0 saturated heterocycles. The number of rotatable bonds is 36. The summed E-state index contributed by atoms with van der Waals surface area (Å²) in [6.07, 6.45) is 26.0. The first-order valence-electron chi connectivity index (χ1n) is 21.4. The third-order valence-corrected chi connectivity index (χ3v) is 9.94. The van der Waals surface area contributed by atoms with Gasteiger partial charge in [-0.3, -0.25) is 19.3 Å². The van der Waals surface area contributed by atoms with Crippen molar-refractivity contribution in [3.05, 3.63) is 29.8 Å². The first-order chi connectivity index (χ1) is 25.3. The third-order valence-electron chi connectivity index (χ3n) is 9.94. The zero-order chi connectivity index (χ0) is 38.5. The molecule has 3 unspecified atom stereocenters. The SMILES string of the molecule is C=C=C=C=CC(CCCCC)CCOC(=O)CCCCCCCC(CCCCCCCC(=O)OCCC(C)CCCCC)OC(=O)CN(CC)CC. The maximum Gasteiger partial charge on any atom is 0.320 e. The van der Waals surface area contributed by atoms with Crippen molar-refractivity contribution in [3.63, 3.8) is 0 Å². The first-order valence-corrected chi connectivity index (χ1v) is 21.4. The fourth-order valence-corrected chi connectivity index (χ4v) is 6.37. The van der Waals surface area contributed by atoms with Crippen LogP contribution in [0.2, 0.25) is 0 Å². The van der Waals surface area contributed by atoms with E-state index in [1.54, 1.807) is 0 Å². The van der Waals surface area contributed by atoms with Gasteiger partial charge in [0.1, 0.15) is 6.10 Å². The lowest BCUT2D eigenvalue weighted by Crippen LogP contribution is -2.32. The Morgan fingerprint density at radius 2 is 1.12 bits per heavy atom. The molecule has 7 nitrogen and oxygen atoms in total. The molecule has 0 spiro atoms. The van der Waals surface area contributed by atoms with Crippen molar-refractivity contribution in [2.75, 3.05) is 32.8 Å². The number of carbonyl (C=O) groups is 3. The minimum atomic E-state index is -0.130. The van der Waals surface area contributed by atoms with Crippen LogP contribution in [-0.2, 0) is 28.6 Å². The molecule has 0 aliphatic carbocycles. The maximum atomic E-state index is 12.7. The molecule has 0 rings (SSSR count). The van der Waals surface area contributed by atoms with Gasteiger partial charge in [0.25, 0.3) is 0 Å². The van der Waals surface area contributed by atoms with E-state index in [9.17, 15) is 14.4 Å². The van der Waals surface area contributed by atoms with Gasteiger partial charge >= 0.3 is 17.9 Å². The van der Waals surface area contributed by atoms with Crippen LogP contribution in [0.4, 0.5) is 0 Å². The molecular formula is C45H79NO6. The average molecular weight is 730 g/mol. The minimum absolute atomic E-state index is 0.0543. The summed E-state index contributed by atoms with van der Waals surface area (Å²) < 4.78 is 17.0. The van der Waals surface area contributed by atoms with Crippen LogP contribution in [-0.4, -0.2) is 61.8 Å². The molecule has 0 aliphatic rings. The van der Waals surface area contributed by atoms with Crippen molar-refractivity contribution < 1.29 is 28.6 Å². The monoisotopic (exact) mass is 730 g/mol. The van der Waals surface area contributed by atoms with E-state index in [1.165, 1.54) is 38.5 Å². The zero-order valence-corrected chi connectivity index (χ0v) is 34.4. The molecule has 0 N–H and O–H groups in total. The highest BCUT2D eigenvalue weighted by Crippen LogP contribution is 2.19. The highest BCUT2D eigenvalue weighted by atomic mass is 16.5. The fourth-order valence-electron chi connectivity index (χ4n) is 6.37. The quantitative estimate of drug-likeness (QED) is 0.0275. The van der Waals surface area contributed by atoms with Gasteiger partial charge in [-0.05, 0) is 101 Å². The van der Waals surface area contributed by atoms with Crippen LogP contribution in [0.3, 0.4) is 0 Å². The standard InChI is InChI=1S/C45H79NO6/c1-7-12-21-28-40(6)35-37-50-43(47)33-26-19-15-17-24-31-42(52-45(49)39-46(10-4)11-5)32-25-18-16-20-27-34-44(48)51-38-36-41(29-22-13-8-2)30-23-14-9-3/h29,40-42H,2,7,9-12,14-21,23-28,30-39H2,1,3-6H3. The molecule has 0 aromatic rings. The number of hydrogen-bond acceptors (Lipinski definition) is 7. The fraction of sp³-hybridized carbons (Fsp3) is 0.822. The van der Waals surface area contributed by atoms with E-state index in [4.69, 9.17) is 14.2 Å². The summed E-state index contributed by atoms with van der Waals surface area (Å²) in [4.78, 5) is 39.2. The topological polar surface area (TPSA) is 82.1 Å². The van der Waals surface area contributed by atoms with Crippen LogP contribution < -0.4 is 0 Å². The number of allylic oxidation sites excluding steroid dienone is 1. The molecule has 7 heteroatoms. The second kappa shape index (κ2) is 36.8. The summed E-state index contributed by atoms with van der Waals surface area (Å²) in [6.45, 7) is 17.3. The summed E-state index contributed by atoms with van der Waals surface area (Å²) in [6, 6.07) is 0. The van der Waals surface area contributed by atoms with Crippen LogP contribution in [0.1, 0.15) is 189 Å². The van der Waals surface area contributed by atoms with Crippen molar-refractivity contribution in [3.8, 4) is 0 Å². The molecule has 0 radical (unpaired) electrons. The number of esters is 3. The predicted octanol–water partition coefficient (Wildman–Crippen LogP) is 11.6. The van der Waals surface area contributed by atoms with Crippen LogP contribution in [0.25, 0.3) is 0 Å². The number of likely N-dealkylation sites (N-methyl/N-ethyl adjacent to an activating group) is 1. The molecule has 0 saturated carbocycles. The predicted molar refractivity (Wildman–Crippen MR) is 215 cm³/mol. The Bertz CT molecular complexity index is 1000. The lowest BCUT2D eigenvalue weighted by Gasteiger charge is -2.21. The highest BCUT2D eigenvalue weighted by Gasteiger charge is 2.16. The first kappa shape index (κ1) is 49.5. The Labute approximate surface area is 320 Å². The second-order valence-corrected chi connectivity index (χ2v) is 14.7. The van der Waals surface area contributed by atoms with E-state index in [0.717, 1.165) is 116 Å². The molecule has 0 heterocycles. The molecule has 0 aliphatic heterocycles. The van der Waals surface area contributed by atoms with E-state index in [1.807, 2.05) is 6.08 Å². The molecule has 0 aromatic heterocycles. The van der Waals surface area contributed by atoms with Crippen LogP contribution >= 0.6 is 0 Å². The van der Waals surface area contributed by atoms with E-state index in [2.05, 4.69) is 63.3 Å². The van der Waals surface area contributed by atoms with Crippen molar-refractivity contribution in [2.45, 2.75) is 195 Å². The summed E-state index contributed by atoms with van der Waals surface area (Å²) in [5.41, 5.74) is 8.35. The average Bonchev–Trinajstić information content (AvgIpc) is 3.12. The smallest absolute Gasteiger partial charge is 0.320 e. The highest BCUT2D eigenvalue weighted by molar-refractivity contribution is 5.72. The molecule has 0 fully saturated rings. The zero-order valence-electron chi connectivity index (χ0n) is 34.4. The molecule has 3 atom stereocenters. The van der Waals surface area contributed by atoms with Gasteiger partial charge in [0.05, 0.1) is 19.8 Å². The summed E-state index contributed by atoms with van der Waals surface area (Å²) in [5.74, 6) is 0.628. The van der Waals surface area contributed by atoms with Crippen molar-refractivity contribution >= 4 is 17.9 Å². The van der Waals surface area contributed by atoms with E-state index in [-0.39, 0.29) is 24.0 Å². The lowest BCUT2D eigenvalue weighted by atomic mass is 9.98. The van der Waals surface area contributed by atoms with Gasteiger partial charge in [0, 0.05) is 12.8 Å². The third kappa shape index (κ3) is 32.1. The van der Waals surface area contributed by atoms with Crippen molar-refractivity contribution in [2.24, 2.45) is 11.8 Å². The van der Waals surface area contributed by atoms with Crippen molar-refractivity contribution in [1.29, 1.82) is 0 Å². The number of unbranched alkanes of at least 4 members (excludes halogenated alkanes) is 12. The number of carbonyl (C=O) groups excluding carboxylic acids is 3. The Morgan fingerprint density at radius 3 is 1.65 bits per heavy atom. The molecule has 52 heavy (non-hydrogen) atoms. The van der Waals surface area contributed by atoms with Crippen molar-refractivity contribution in [1.82, 2.24) is 4.90 Å². The van der Waals surface area contributed by atoms with E-state index >= 15 is 0 Å². The summed E-state index contributed by atoms with van der Waals surface area (Å²) in [7, 11) is 0. The van der Waals surface area contributed by atoms with Gasteiger partial charge in [-0.15, -0.1) is 0 Å². The Hall–Kier alpha value is -2.55. The minimum Gasteiger partial charge on any atom is -0.466 e. The molecule has 0 aromatic carbocycles. The van der Waals surface area contributed by atoms with Crippen LogP contribution in [0, 0.1) is 11.8 Å². The maximum absolute atomic E-state index is 12.7. The summed E-state index contributed by atoms with van der Waals surface area (Å²) in [5, 5.41) is 0. The molecule has 300 valence electrons. The Kier molecular flexibility index (Phi) is 35.0. The second-order valence-electron chi connectivity index (χ2n) is 14.7. The largest absolute Gasteiger partial charge is 0.466 e. The molecular weight excluding hydrogens is 650 g/mol. The van der Waals surface area contributed by atoms with E-state index < -0.39 is 0 Å². The van der Waals surface area contributed by atoms with Gasteiger partial charge in [0.15, 0.2) is 0 Å². The number of hydrogen-bond donors (Lipinski definition) is 0. The lowest BCUT2D eigenvalue weighted by molar-refractivity contribution is -0.151. The Balaban J connectivity index is 4.34. The number of nitrogens with zero attached hydrogens (tertiary/aromatic N) is 1. The summed E-state index contributed by atoms with van der Waals surface area (Å²) >= 11 is 0. The van der Waals surface area contributed by atoms with Gasteiger partial charge in [0.2, 0.25) is 0 Å². The molecule has 0 bridgehead atoms. The van der Waals surface area contributed by atoms with Crippen LogP contribution in [0.5, 0.6) is 0 Å². The Morgan fingerprint density at radius 1 is 0.615 bits per heavy atom. The number of ether oxygens (including phenoxy) is 3. The van der Waals surface area contributed by atoms with Gasteiger partial charge in [-0.2, -0.15) is 0 Å².